The smallest absolute Gasteiger partial charge is 0.289 e. The Kier molecular flexibility index (Phi) is 3.54. The van der Waals surface area contributed by atoms with Crippen molar-refractivity contribution in [2.45, 2.75) is 25.7 Å². The van der Waals surface area contributed by atoms with Gasteiger partial charge in [0, 0.05) is 19.2 Å². The zero-order valence-corrected chi connectivity index (χ0v) is 11.3. The zero-order chi connectivity index (χ0) is 13.9. The summed E-state index contributed by atoms with van der Waals surface area (Å²) in [7, 11) is 0. The second kappa shape index (κ2) is 5.49. The average Bonchev–Trinajstić information content (AvgIpc) is 2.75. The Labute approximate surface area is 117 Å². The fraction of sp³-hybridized carbons (Fsp3) is 0.375. The third kappa shape index (κ3) is 2.46. The molecule has 0 radical (unpaired) electrons. The van der Waals surface area contributed by atoms with Crippen LogP contribution in [-0.4, -0.2) is 23.9 Å². The highest BCUT2D eigenvalue weighted by molar-refractivity contribution is 5.93. The van der Waals surface area contributed by atoms with Crippen molar-refractivity contribution in [3.8, 4) is 0 Å². The number of hydrogen-bond acceptors (Lipinski definition) is 3. The van der Waals surface area contributed by atoms with E-state index in [1.165, 1.54) is 6.07 Å². The Morgan fingerprint density at radius 3 is 2.50 bits per heavy atom. The number of nitrogens with zero attached hydrogens (tertiary/aromatic N) is 1. The van der Waals surface area contributed by atoms with E-state index in [4.69, 9.17) is 4.42 Å². The van der Waals surface area contributed by atoms with E-state index in [1.54, 1.807) is 29.2 Å². The monoisotopic (exact) mass is 271 g/mol. The molecule has 1 fully saturated rings. The number of amides is 1. The van der Waals surface area contributed by atoms with E-state index >= 15 is 0 Å². The zero-order valence-electron chi connectivity index (χ0n) is 11.3. The number of carbonyl (C=O) groups is 1. The fourth-order valence-corrected chi connectivity index (χ4v) is 2.64. The molecule has 0 atom stereocenters. The van der Waals surface area contributed by atoms with E-state index in [0.717, 1.165) is 38.8 Å². The molecule has 1 aliphatic heterocycles. The Morgan fingerprint density at radius 1 is 1.05 bits per heavy atom. The number of fused-ring (bicyclic) bond motifs is 1. The highest BCUT2D eigenvalue weighted by Crippen LogP contribution is 2.16. The van der Waals surface area contributed by atoms with E-state index in [2.05, 4.69) is 0 Å². The van der Waals surface area contributed by atoms with E-state index in [1.807, 2.05) is 0 Å². The van der Waals surface area contributed by atoms with Gasteiger partial charge in [-0.05, 0) is 25.0 Å². The lowest BCUT2D eigenvalue weighted by molar-refractivity contribution is 0.0730. The number of para-hydroxylation sites is 1. The van der Waals surface area contributed by atoms with Crippen molar-refractivity contribution in [1.82, 2.24) is 4.90 Å². The lowest BCUT2D eigenvalue weighted by Gasteiger charge is -2.19. The van der Waals surface area contributed by atoms with Crippen LogP contribution in [0.5, 0.6) is 0 Å². The summed E-state index contributed by atoms with van der Waals surface area (Å²) >= 11 is 0. The average molecular weight is 271 g/mol. The number of carbonyl (C=O) groups excluding carboxylic acids is 1. The summed E-state index contributed by atoms with van der Waals surface area (Å²) in [6, 6.07) is 8.33. The summed E-state index contributed by atoms with van der Waals surface area (Å²) in [5.41, 5.74) is 0.309. The Hall–Kier alpha value is -2.10. The van der Waals surface area contributed by atoms with Gasteiger partial charge >= 0.3 is 0 Å². The van der Waals surface area contributed by atoms with Crippen LogP contribution in [0.3, 0.4) is 0 Å². The summed E-state index contributed by atoms with van der Waals surface area (Å²) in [4.78, 5) is 26.3. The molecule has 20 heavy (non-hydrogen) atoms. The largest absolute Gasteiger partial charge is 0.451 e. The SMILES string of the molecule is O=C(c1cc(=O)c2ccccc2o1)N1CCCCCC1. The van der Waals surface area contributed by atoms with Crippen molar-refractivity contribution in [2.24, 2.45) is 0 Å². The lowest BCUT2D eigenvalue weighted by atomic mass is 10.2. The van der Waals surface area contributed by atoms with Crippen molar-refractivity contribution in [3.05, 3.63) is 46.3 Å². The van der Waals surface area contributed by atoms with Crippen molar-refractivity contribution < 1.29 is 9.21 Å². The van der Waals surface area contributed by atoms with Gasteiger partial charge in [-0.25, -0.2) is 0 Å². The van der Waals surface area contributed by atoms with E-state index < -0.39 is 0 Å². The first-order valence-electron chi connectivity index (χ1n) is 7.08. The van der Waals surface area contributed by atoms with Crippen LogP contribution in [0.25, 0.3) is 11.0 Å². The molecule has 1 aliphatic rings. The minimum atomic E-state index is -0.172. The predicted molar refractivity (Wildman–Crippen MR) is 76.9 cm³/mol. The first-order valence-corrected chi connectivity index (χ1v) is 7.08. The molecule has 0 saturated carbocycles. The van der Waals surface area contributed by atoms with Gasteiger partial charge in [-0.1, -0.05) is 25.0 Å². The molecule has 0 spiro atoms. The van der Waals surface area contributed by atoms with Crippen molar-refractivity contribution >= 4 is 16.9 Å². The van der Waals surface area contributed by atoms with Crippen molar-refractivity contribution in [3.63, 3.8) is 0 Å². The van der Waals surface area contributed by atoms with Gasteiger partial charge in [0.1, 0.15) is 5.58 Å². The van der Waals surface area contributed by atoms with Gasteiger partial charge in [0.15, 0.2) is 11.2 Å². The molecule has 4 nitrogen and oxygen atoms in total. The standard InChI is InChI=1S/C16H17NO3/c18-13-11-15(20-14-8-4-3-7-12(13)14)16(19)17-9-5-1-2-6-10-17/h3-4,7-8,11H,1-2,5-6,9-10H2. The second-order valence-corrected chi connectivity index (χ2v) is 5.18. The number of hydrogen-bond donors (Lipinski definition) is 0. The van der Waals surface area contributed by atoms with Crippen LogP contribution >= 0.6 is 0 Å². The van der Waals surface area contributed by atoms with E-state index in [-0.39, 0.29) is 17.1 Å². The normalized spacial score (nSPS) is 16.1. The molecule has 0 aliphatic carbocycles. The third-order valence-corrected chi connectivity index (χ3v) is 3.74. The maximum Gasteiger partial charge on any atom is 0.289 e. The van der Waals surface area contributed by atoms with Crippen LogP contribution < -0.4 is 5.43 Å². The topological polar surface area (TPSA) is 50.5 Å². The Balaban J connectivity index is 1.97. The fourth-order valence-electron chi connectivity index (χ4n) is 2.64. The molecule has 4 heteroatoms. The molecule has 1 amide bonds. The highest BCUT2D eigenvalue weighted by atomic mass is 16.3. The number of rotatable bonds is 1. The molecular weight excluding hydrogens is 254 g/mol. The molecule has 104 valence electrons. The maximum atomic E-state index is 12.4. The highest BCUT2D eigenvalue weighted by Gasteiger charge is 2.20. The van der Waals surface area contributed by atoms with Crippen molar-refractivity contribution in [1.29, 1.82) is 0 Å². The van der Waals surface area contributed by atoms with Gasteiger partial charge in [-0.3, -0.25) is 9.59 Å². The van der Waals surface area contributed by atoms with Gasteiger partial charge in [-0.15, -0.1) is 0 Å². The number of benzene rings is 1. The van der Waals surface area contributed by atoms with Crippen LogP contribution in [0.1, 0.15) is 36.2 Å². The van der Waals surface area contributed by atoms with Crippen LogP contribution in [0, 0.1) is 0 Å². The molecule has 0 unspecified atom stereocenters. The van der Waals surface area contributed by atoms with Crippen LogP contribution in [-0.2, 0) is 0 Å². The summed E-state index contributed by atoms with van der Waals surface area (Å²) in [5.74, 6) is -0.0228. The van der Waals surface area contributed by atoms with Gasteiger partial charge in [0.2, 0.25) is 0 Å². The minimum Gasteiger partial charge on any atom is -0.451 e. The molecule has 1 aromatic heterocycles. The molecule has 2 heterocycles. The van der Waals surface area contributed by atoms with Gasteiger partial charge in [-0.2, -0.15) is 0 Å². The quantitative estimate of drug-likeness (QED) is 0.801. The molecule has 0 bridgehead atoms. The summed E-state index contributed by atoms with van der Waals surface area (Å²) in [6.07, 6.45) is 4.35. The Morgan fingerprint density at radius 2 is 1.75 bits per heavy atom. The van der Waals surface area contributed by atoms with Crippen LogP contribution in [0.4, 0.5) is 0 Å². The summed E-state index contributed by atoms with van der Waals surface area (Å²) in [6.45, 7) is 1.49. The lowest BCUT2D eigenvalue weighted by Crippen LogP contribution is -2.32. The molecule has 3 rings (SSSR count). The number of likely N-dealkylation sites (tertiary alicyclic amines) is 1. The first kappa shape index (κ1) is 12.9. The predicted octanol–water partition coefficient (Wildman–Crippen LogP) is 2.81. The van der Waals surface area contributed by atoms with E-state index in [9.17, 15) is 9.59 Å². The second-order valence-electron chi connectivity index (χ2n) is 5.18. The third-order valence-electron chi connectivity index (χ3n) is 3.74. The Bertz CT molecular complexity index is 681. The van der Waals surface area contributed by atoms with Gasteiger partial charge in [0.25, 0.3) is 5.91 Å². The molecule has 2 aromatic rings. The van der Waals surface area contributed by atoms with Crippen LogP contribution in [0.15, 0.2) is 39.5 Å². The van der Waals surface area contributed by atoms with Gasteiger partial charge in [0.05, 0.1) is 5.39 Å². The molecular formula is C16H17NO3. The van der Waals surface area contributed by atoms with Gasteiger partial charge < -0.3 is 9.32 Å². The maximum absolute atomic E-state index is 12.4. The molecule has 0 N–H and O–H groups in total. The molecule has 1 saturated heterocycles. The van der Waals surface area contributed by atoms with Crippen LogP contribution in [0.2, 0.25) is 0 Å². The first-order chi connectivity index (χ1) is 9.75. The minimum absolute atomic E-state index is 0.149. The summed E-state index contributed by atoms with van der Waals surface area (Å²) < 4.78 is 5.61. The summed E-state index contributed by atoms with van der Waals surface area (Å²) in [5, 5.41) is 0.514. The van der Waals surface area contributed by atoms with E-state index in [0.29, 0.717) is 11.0 Å². The molecule has 1 aromatic carbocycles. The van der Waals surface area contributed by atoms with Crippen molar-refractivity contribution in [2.75, 3.05) is 13.1 Å².